The van der Waals surface area contributed by atoms with Crippen LogP contribution in [0.1, 0.15) is 69.4 Å². The van der Waals surface area contributed by atoms with Gasteiger partial charge in [0.05, 0.1) is 12.4 Å². The first-order valence-electron chi connectivity index (χ1n) is 10.1. The highest BCUT2D eigenvalue weighted by atomic mass is 16.7. The van der Waals surface area contributed by atoms with Crippen molar-refractivity contribution < 1.29 is 19.4 Å². The minimum Gasteiger partial charge on any atom is -0.478 e. The largest absolute Gasteiger partial charge is 0.478 e. The van der Waals surface area contributed by atoms with Crippen LogP contribution in [-0.4, -0.2) is 24.0 Å². The molecule has 1 saturated carbocycles. The van der Waals surface area contributed by atoms with E-state index >= 15 is 0 Å². The monoisotopic (exact) mass is 372 g/mol. The van der Waals surface area contributed by atoms with Crippen LogP contribution in [0.4, 0.5) is 0 Å². The maximum absolute atomic E-state index is 10.5. The molecule has 1 aliphatic rings. The molecule has 0 radical (unpaired) electrons. The molecule has 0 unspecified atom stereocenters. The summed E-state index contributed by atoms with van der Waals surface area (Å²) in [4.78, 5) is 10.5. The van der Waals surface area contributed by atoms with Gasteiger partial charge in [-0.3, -0.25) is 0 Å². The molecule has 0 spiro atoms. The van der Waals surface area contributed by atoms with E-state index in [-0.39, 0.29) is 0 Å². The quantitative estimate of drug-likeness (QED) is 0.228. The van der Waals surface area contributed by atoms with Crippen LogP contribution in [0.5, 0.6) is 0 Å². The van der Waals surface area contributed by atoms with Gasteiger partial charge < -0.3 is 14.6 Å². The highest BCUT2D eigenvalue weighted by Crippen LogP contribution is 2.29. The number of unbranched alkanes of at least 4 members (excludes halogenated alkanes) is 2. The van der Waals surface area contributed by atoms with Gasteiger partial charge in [0.15, 0.2) is 6.79 Å². The molecular formula is C23H32O4. The molecule has 1 aromatic rings. The van der Waals surface area contributed by atoms with Gasteiger partial charge in [0, 0.05) is 6.08 Å². The summed E-state index contributed by atoms with van der Waals surface area (Å²) < 4.78 is 11.3. The van der Waals surface area contributed by atoms with E-state index in [1.807, 2.05) is 30.3 Å². The fourth-order valence-electron chi connectivity index (χ4n) is 3.46. The van der Waals surface area contributed by atoms with E-state index in [9.17, 15) is 4.79 Å². The molecule has 1 aliphatic carbocycles. The Kier molecular flexibility index (Phi) is 9.70. The van der Waals surface area contributed by atoms with Gasteiger partial charge in [0.2, 0.25) is 0 Å². The summed E-state index contributed by atoms with van der Waals surface area (Å²) >= 11 is 0. The minimum atomic E-state index is -0.947. The second kappa shape index (κ2) is 12.3. The van der Waals surface area contributed by atoms with Crippen LogP contribution in [0.25, 0.3) is 12.2 Å². The van der Waals surface area contributed by atoms with E-state index in [0.717, 1.165) is 36.0 Å². The minimum absolute atomic E-state index is 0.293. The van der Waals surface area contributed by atoms with Crippen molar-refractivity contribution in [3.05, 3.63) is 47.7 Å². The van der Waals surface area contributed by atoms with Gasteiger partial charge in [0.25, 0.3) is 0 Å². The lowest BCUT2D eigenvalue weighted by Crippen LogP contribution is -2.22. The van der Waals surface area contributed by atoms with E-state index < -0.39 is 5.97 Å². The van der Waals surface area contributed by atoms with Gasteiger partial charge in [-0.2, -0.15) is 0 Å². The lowest BCUT2D eigenvalue weighted by Gasteiger charge is -2.28. The van der Waals surface area contributed by atoms with Gasteiger partial charge in [-0.25, -0.2) is 4.79 Å². The van der Waals surface area contributed by atoms with Crippen LogP contribution in [-0.2, 0) is 14.3 Å². The molecule has 1 aromatic carbocycles. The number of carboxylic acid groups (broad SMARTS) is 1. The molecule has 4 heteroatoms. The second-order valence-corrected chi connectivity index (χ2v) is 7.23. The van der Waals surface area contributed by atoms with Crippen molar-refractivity contribution in [1.82, 2.24) is 0 Å². The molecule has 0 aromatic heterocycles. The SMILES string of the molecule is CCCCCC1CCC(OCOC=Cc2ccc(C=CC(=O)O)cc2)CC1. The number of benzene rings is 1. The Morgan fingerprint density at radius 1 is 1.07 bits per heavy atom. The van der Waals surface area contributed by atoms with Crippen LogP contribution >= 0.6 is 0 Å². The molecule has 1 fully saturated rings. The first kappa shape index (κ1) is 21.2. The smallest absolute Gasteiger partial charge is 0.328 e. The van der Waals surface area contributed by atoms with Gasteiger partial charge in [-0.05, 0) is 54.9 Å². The zero-order valence-corrected chi connectivity index (χ0v) is 16.3. The third kappa shape index (κ3) is 8.91. The number of carboxylic acids is 1. The summed E-state index contributed by atoms with van der Waals surface area (Å²) in [6, 6.07) is 7.58. The molecule has 0 aliphatic heterocycles. The highest BCUT2D eigenvalue weighted by molar-refractivity contribution is 5.85. The predicted octanol–water partition coefficient (Wildman–Crippen LogP) is 5.88. The van der Waals surface area contributed by atoms with Crippen LogP contribution in [0.3, 0.4) is 0 Å². The van der Waals surface area contributed by atoms with Crippen LogP contribution in [0.15, 0.2) is 36.6 Å². The molecule has 4 nitrogen and oxygen atoms in total. The Bertz CT molecular complexity index is 595. The third-order valence-electron chi connectivity index (χ3n) is 5.09. The highest BCUT2D eigenvalue weighted by Gasteiger charge is 2.21. The Hall–Kier alpha value is -2.07. The first-order valence-corrected chi connectivity index (χ1v) is 10.1. The van der Waals surface area contributed by atoms with Gasteiger partial charge in [-0.1, -0.05) is 56.9 Å². The average molecular weight is 373 g/mol. The molecular weight excluding hydrogens is 340 g/mol. The Morgan fingerprint density at radius 3 is 2.37 bits per heavy atom. The number of hydrogen-bond donors (Lipinski definition) is 1. The summed E-state index contributed by atoms with van der Waals surface area (Å²) in [5.74, 6) is -0.0529. The van der Waals surface area contributed by atoms with E-state index in [4.69, 9.17) is 14.6 Å². The van der Waals surface area contributed by atoms with Gasteiger partial charge in [0.1, 0.15) is 0 Å². The van der Waals surface area contributed by atoms with Crippen molar-refractivity contribution in [3.63, 3.8) is 0 Å². The Balaban J connectivity index is 1.59. The topological polar surface area (TPSA) is 55.8 Å². The zero-order valence-electron chi connectivity index (χ0n) is 16.3. The predicted molar refractivity (Wildman–Crippen MR) is 109 cm³/mol. The number of carbonyl (C=O) groups is 1. The molecule has 27 heavy (non-hydrogen) atoms. The third-order valence-corrected chi connectivity index (χ3v) is 5.09. The fraction of sp³-hybridized carbons (Fsp3) is 0.522. The van der Waals surface area contributed by atoms with Crippen molar-refractivity contribution in [2.75, 3.05) is 6.79 Å². The van der Waals surface area contributed by atoms with E-state index in [2.05, 4.69) is 6.92 Å². The standard InChI is InChI=1S/C23H32O4/c1-2-3-4-5-19-10-13-22(14-11-19)27-18-26-17-16-21-8-6-20(7-9-21)12-15-23(24)25/h6-9,12,15-17,19,22H,2-5,10-11,13-14,18H2,1H3,(H,24,25). The number of hydrogen-bond acceptors (Lipinski definition) is 3. The molecule has 2 rings (SSSR count). The van der Waals surface area contributed by atoms with Gasteiger partial charge >= 0.3 is 5.97 Å². The van der Waals surface area contributed by atoms with Crippen molar-refractivity contribution in [2.24, 2.45) is 5.92 Å². The molecule has 0 amide bonds. The maximum atomic E-state index is 10.5. The molecule has 0 atom stereocenters. The van der Waals surface area contributed by atoms with E-state index in [1.165, 1.54) is 38.5 Å². The average Bonchev–Trinajstić information content (AvgIpc) is 2.68. The number of ether oxygens (including phenoxy) is 2. The normalized spacial score (nSPS) is 20.3. The molecule has 0 saturated heterocycles. The first-order chi connectivity index (χ1) is 13.2. The van der Waals surface area contributed by atoms with Crippen molar-refractivity contribution in [2.45, 2.75) is 64.4 Å². The van der Waals surface area contributed by atoms with E-state index in [1.54, 1.807) is 12.3 Å². The summed E-state index contributed by atoms with van der Waals surface area (Å²) in [5, 5.41) is 8.62. The zero-order chi connectivity index (χ0) is 19.3. The van der Waals surface area contributed by atoms with Crippen molar-refractivity contribution in [1.29, 1.82) is 0 Å². The lowest BCUT2D eigenvalue weighted by molar-refractivity contribution is -0.131. The van der Waals surface area contributed by atoms with Crippen LogP contribution in [0, 0.1) is 5.92 Å². The molecule has 1 N–H and O–H groups in total. The summed E-state index contributed by atoms with van der Waals surface area (Å²) in [7, 11) is 0. The Labute approximate surface area is 162 Å². The molecule has 148 valence electrons. The number of rotatable bonds is 11. The molecule has 0 heterocycles. The summed E-state index contributed by atoms with van der Waals surface area (Å²) in [5.41, 5.74) is 1.85. The number of aliphatic carboxylic acids is 1. The molecule has 0 bridgehead atoms. The van der Waals surface area contributed by atoms with Gasteiger partial charge in [-0.15, -0.1) is 0 Å². The van der Waals surface area contributed by atoms with Crippen LogP contribution < -0.4 is 0 Å². The fourth-order valence-corrected chi connectivity index (χ4v) is 3.46. The second-order valence-electron chi connectivity index (χ2n) is 7.23. The summed E-state index contributed by atoms with van der Waals surface area (Å²) in [6.07, 6.45) is 16.8. The van der Waals surface area contributed by atoms with Crippen molar-refractivity contribution >= 4 is 18.1 Å². The lowest BCUT2D eigenvalue weighted by atomic mass is 9.84. The Morgan fingerprint density at radius 2 is 1.74 bits per heavy atom. The van der Waals surface area contributed by atoms with Crippen molar-refractivity contribution in [3.8, 4) is 0 Å². The summed E-state index contributed by atoms with van der Waals surface area (Å²) in [6.45, 7) is 2.55. The van der Waals surface area contributed by atoms with Crippen LogP contribution in [0.2, 0.25) is 0 Å². The maximum Gasteiger partial charge on any atom is 0.328 e. The van der Waals surface area contributed by atoms with E-state index in [0.29, 0.717) is 12.9 Å².